The van der Waals surface area contributed by atoms with Gasteiger partial charge in [0, 0.05) is 50.5 Å². The van der Waals surface area contributed by atoms with Gasteiger partial charge in [0.2, 0.25) is 0 Å². The average molecular weight is 251 g/mol. The molecule has 100 valence electrons. The molecule has 1 N–H and O–H groups in total. The molecule has 2 fully saturated rings. The Hall–Kier alpha value is -0.910. The molecule has 2 aliphatic rings. The molecule has 1 saturated heterocycles. The zero-order chi connectivity index (χ0) is 12.5. The second kappa shape index (κ2) is 4.99. The number of ether oxygens (including phenoxy) is 1. The number of nitrogens with zero attached hydrogens (tertiary/aromatic N) is 3. The number of hydrogen-bond acceptors (Lipinski definition) is 4. The maximum absolute atomic E-state index is 9.37. The number of hydrogen-bond donors (Lipinski definition) is 1. The van der Waals surface area contributed by atoms with E-state index < -0.39 is 0 Å². The van der Waals surface area contributed by atoms with E-state index in [1.807, 2.05) is 17.9 Å². The summed E-state index contributed by atoms with van der Waals surface area (Å²) in [6.07, 6.45) is 6.44. The van der Waals surface area contributed by atoms with Crippen LogP contribution in [0.1, 0.15) is 18.4 Å². The molecule has 5 nitrogen and oxygen atoms in total. The van der Waals surface area contributed by atoms with Crippen molar-refractivity contribution in [1.82, 2.24) is 14.7 Å². The fraction of sp³-hybridized carbons (Fsp3) is 0.769. The van der Waals surface area contributed by atoms with Crippen LogP contribution in [-0.2, 0) is 18.3 Å². The van der Waals surface area contributed by atoms with Gasteiger partial charge < -0.3 is 9.84 Å². The lowest BCUT2D eigenvalue weighted by Crippen LogP contribution is -2.50. The Morgan fingerprint density at radius 2 is 2.39 bits per heavy atom. The molecular weight excluding hydrogens is 230 g/mol. The zero-order valence-electron chi connectivity index (χ0n) is 10.8. The summed E-state index contributed by atoms with van der Waals surface area (Å²) in [4.78, 5) is 2.49. The minimum Gasteiger partial charge on any atom is -0.396 e. The molecule has 0 amide bonds. The van der Waals surface area contributed by atoms with Gasteiger partial charge in [0.05, 0.1) is 18.9 Å². The van der Waals surface area contributed by atoms with Crippen LogP contribution in [0.25, 0.3) is 0 Å². The van der Waals surface area contributed by atoms with Gasteiger partial charge in [0.25, 0.3) is 0 Å². The van der Waals surface area contributed by atoms with Crippen LogP contribution in [0, 0.1) is 5.92 Å². The Bertz CT molecular complexity index is 407. The van der Waals surface area contributed by atoms with Crippen LogP contribution in [0.2, 0.25) is 0 Å². The lowest BCUT2D eigenvalue weighted by Gasteiger charge is -2.38. The van der Waals surface area contributed by atoms with E-state index in [2.05, 4.69) is 16.2 Å². The SMILES string of the molecule is Cn1cc(CN2CCO[C@@H]3[C@@H](CO)CC[C@H]32)cn1. The smallest absolute Gasteiger partial charge is 0.0780 e. The van der Waals surface area contributed by atoms with Crippen molar-refractivity contribution in [3.8, 4) is 0 Å². The van der Waals surface area contributed by atoms with E-state index in [9.17, 15) is 5.11 Å². The molecule has 5 heteroatoms. The first-order valence-electron chi connectivity index (χ1n) is 6.72. The Morgan fingerprint density at radius 3 is 3.11 bits per heavy atom. The predicted molar refractivity (Wildman–Crippen MR) is 67.0 cm³/mol. The summed E-state index contributed by atoms with van der Waals surface area (Å²) in [5.41, 5.74) is 1.26. The van der Waals surface area contributed by atoms with Gasteiger partial charge in [-0.05, 0) is 12.8 Å². The van der Waals surface area contributed by atoms with Crippen molar-refractivity contribution in [2.75, 3.05) is 19.8 Å². The lowest BCUT2D eigenvalue weighted by atomic mass is 10.0. The molecule has 0 unspecified atom stereocenters. The van der Waals surface area contributed by atoms with E-state index in [1.54, 1.807) is 0 Å². The summed E-state index contributed by atoms with van der Waals surface area (Å²) >= 11 is 0. The average Bonchev–Trinajstić information content (AvgIpc) is 2.96. The number of rotatable bonds is 3. The molecule has 2 heterocycles. The van der Waals surface area contributed by atoms with Gasteiger partial charge in [-0.15, -0.1) is 0 Å². The van der Waals surface area contributed by atoms with E-state index in [-0.39, 0.29) is 12.7 Å². The predicted octanol–water partition coefficient (Wildman–Crippen LogP) is 0.392. The number of fused-ring (bicyclic) bond motifs is 1. The second-order valence-electron chi connectivity index (χ2n) is 5.42. The van der Waals surface area contributed by atoms with Crippen molar-refractivity contribution in [3.05, 3.63) is 18.0 Å². The van der Waals surface area contributed by atoms with Gasteiger partial charge in [0.1, 0.15) is 0 Å². The molecule has 1 aromatic heterocycles. The fourth-order valence-electron chi connectivity index (χ4n) is 3.32. The van der Waals surface area contributed by atoms with Crippen LogP contribution in [0.15, 0.2) is 12.4 Å². The molecule has 3 rings (SSSR count). The molecule has 0 bridgehead atoms. The van der Waals surface area contributed by atoms with Crippen molar-refractivity contribution in [1.29, 1.82) is 0 Å². The number of morpholine rings is 1. The van der Waals surface area contributed by atoms with Crippen LogP contribution < -0.4 is 0 Å². The van der Waals surface area contributed by atoms with Crippen LogP contribution in [-0.4, -0.2) is 51.7 Å². The molecule has 0 spiro atoms. The zero-order valence-corrected chi connectivity index (χ0v) is 10.8. The van der Waals surface area contributed by atoms with E-state index in [4.69, 9.17) is 4.74 Å². The van der Waals surface area contributed by atoms with Gasteiger partial charge in [-0.2, -0.15) is 5.10 Å². The maximum Gasteiger partial charge on any atom is 0.0780 e. The van der Waals surface area contributed by atoms with Gasteiger partial charge in [0.15, 0.2) is 0 Å². The topological polar surface area (TPSA) is 50.5 Å². The standard InChI is InChI=1S/C13H21N3O2/c1-15-7-10(6-14-15)8-16-4-5-18-13-11(9-17)2-3-12(13)16/h6-7,11-13,17H,2-5,8-9H2,1H3/t11-,12-,13-/m1/s1. The van der Waals surface area contributed by atoms with Crippen LogP contribution >= 0.6 is 0 Å². The Kier molecular flexibility index (Phi) is 3.37. The minimum atomic E-state index is 0.223. The molecule has 1 aliphatic heterocycles. The monoisotopic (exact) mass is 251 g/mol. The highest BCUT2D eigenvalue weighted by molar-refractivity contribution is 5.05. The summed E-state index contributed by atoms with van der Waals surface area (Å²) in [6.45, 7) is 2.95. The molecule has 1 aliphatic carbocycles. The summed E-state index contributed by atoms with van der Waals surface area (Å²) in [6, 6.07) is 0.469. The molecule has 3 atom stereocenters. The number of aliphatic hydroxyl groups excluding tert-OH is 1. The highest BCUT2D eigenvalue weighted by Crippen LogP contribution is 2.34. The first-order chi connectivity index (χ1) is 8.78. The first kappa shape index (κ1) is 12.1. The van der Waals surface area contributed by atoms with Gasteiger partial charge in [-0.25, -0.2) is 0 Å². The van der Waals surface area contributed by atoms with Crippen molar-refractivity contribution in [2.45, 2.75) is 31.5 Å². The Labute approximate surface area is 107 Å². The van der Waals surface area contributed by atoms with Gasteiger partial charge in [-0.3, -0.25) is 9.58 Å². The van der Waals surface area contributed by atoms with Crippen molar-refractivity contribution >= 4 is 0 Å². The van der Waals surface area contributed by atoms with E-state index in [1.165, 1.54) is 5.56 Å². The normalized spacial score (nSPS) is 32.7. The second-order valence-corrected chi connectivity index (χ2v) is 5.42. The van der Waals surface area contributed by atoms with Crippen LogP contribution in [0.3, 0.4) is 0 Å². The molecule has 0 aromatic carbocycles. The van der Waals surface area contributed by atoms with E-state index in [0.717, 1.165) is 32.5 Å². The van der Waals surface area contributed by atoms with Crippen molar-refractivity contribution in [2.24, 2.45) is 13.0 Å². The third-order valence-electron chi connectivity index (χ3n) is 4.21. The molecule has 18 heavy (non-hydrogen) atoms. The van der Waals surface area contributed by atoms with E-state index >= 15 is 0 Å². The number of aliphatic hydroxyl groups is 1. The highest BCUT2D eigenvalue weighted by Gasteiger charge is 2.42. The number of aromatic nitrogens is 2. The van der Waals surface area contributed by atoms with Crippen LogP contribution in [0.5, 0.6) is 0 Å². The van der Waals surface area contributed by atoms with E-state index in [0.29, 0.717) is 12.0 Å². The molecule has 1 aromatic rings. The third kappa shape index (κ3) is 2.18. The maximum atomic E-state index is 9.37. The largest absolute Gasteiger partial charge is 0.396 e. The Balaban J connectivity index is 1.69. The molecule has 0 radical (unpaired) electrons. The summed E-state index contributed by atoms with van der Waals surface area (Å²) in [5, 5.41) is 13.6. The summed E-state index contributed by atoms with van der Waals surface area (Å²) in [7, 11) is 1.95. The van der Waals surface area contributed by atoms with Gasteiger partial charge in [-0.1, -0.05) is 0 Å². The Morgan fingerprint density at radius 1 is 1.50 bits per heavy atom. The molecular formula is C13H21N3O2. The minimum absolute atomic E-state index is 0.223. The lowest BCUT2D eigenvalue weighted by molar-refractivity contribution is -0.0830. The highest BCUT2D eigenvalue weighted by atomic mass is 16.5. The third-order valence-corrected chi connectivity index (χ3v) is 4.21. The quantitative estimate of drug-likeness (QED) is 0.844. The fourth-order valence-corrected chi connectivity index (χ4v) is 3.32. The summed E-state index contributed by atoms with van der Waals surface area (Å²) in [5.74, 6) is 0.326. The van der Waals surface area contributed by atoms with Crippen molar-refractivity contribution < 1.29 is 9.84 Å². The number of aryl methyl sites for hydroxylation is 1. The van der Waals surface area contributed by atoms with Gasteiger partial charge >= 0.3 is 0 Å². The van der Waals surface area contributed by atoms with Crippen molar-refractivity contribution in [3.63, 3.8) is 0 Å². The molecule has 1 saturated carbocycles. The first-order valence-corrected chi connectivity index (χ1v) is 6.72. The summed E-state index contributed by atoms with van der Waals surface area (Å²) < 4.78 is 7.70. The van der Waals surface area contributed by atoms with Crippen LogP contribution in [0.4, 0.5) is 0 Å².